The Bertz CT molecular complexity index is 888. The van der Waals surface area contributed by atoms with Crippen molar-refractivity contribution in [2.24, 2.45) is 9.98 Å². The summed E-state index contributed by atoms with van der Waals surface area (Å²) in [5, 5.41) is 21.3. The number of nitrogens with zero attached hydrogens (tertiary/aromatic N) is 4. The number of fused-ring (bicyclic) bond motifs is 1. The summed E-state index contributed by atoms with van der Waals surface area (Å²) in [5.41, 5.74) is 9.07. The Morgan fingerprint density at radius 1 is 1.15 bits per heavy atom. The van der Waals surface area contributed by atoms with Gasteiger partial charge < -0.3 is 21.3 Å². The number of nitrogens with two attached hydrogens (primary N) is 1. The van der Waals surface area contributed by atoms with E-state index in [1.165, 1.54) is 0 Å². The SMILES string of the molecule is CC1=C(NCCO)C(=Nc2c(N)n3n(c2=O)CCCC3)C=C/C1=N\CCO. The first-order chi connectivity index (χ1) is 13.1. The molecule has 3 rings (SSSR count). The molecule has 2 aliphatic rings. The zero-order valence-corrected chi connectivity index (χ0v) is 15.5. The topological polar surface area (TPSA) is 130 Å². The summed E-state index contributed by atoms with van der Waals surface area (Å²) in [6.45, 7) is 3.81. The summed E-state index contributed by atoms with van der Waals surface area (Å²) in [6.07, 6.45) is 5.51. The van der Waals surface area contributed by atoms with Gasteiger partial charge in [-0.3, -0.25) is 14.5 Å². The number of aliphatic hydroxyl groups excluding tert-OH is 2. The van der Waals surface area contributed by atoms with Crippen molar-refractivity contribution in [3.8, 4) is 0 Å². The van der Waals surface area contributed by atoms with Crippen LogP contribution in [0, 0.1) is 0 Å². The molecule has 0 fully saturated rings. The predicted molar refractivity (Wildman–Crippen MR) is 106 cm³/mol. The minimum atomic E-state index is -0.188. The molecule has 0 radical (unpaired) electrons. The zero-order chi connectivity index (χ0) is 19.4. The van der Waals surface area contributed by atoms with E-state index < -0.39 is 0 Å². The molecule has 0 saturated carbocycles. The number of allylic oxidation sites excluding steroid dienone is 3. The van der Waals surface area contributed by atoms with Gasteiger partial charge in [-0.2, -0.15) is 0 Å². The van der Waals surface area contributed by atoms with Gasteiger partial charge in [-0.15, -0.1) is 0 Å². The van der Waals surface area contributed by atoms with Crippen molar-refractivity contribution >= 4 is 22.9 Å². The summed E-state index contributed by atoms with van der Waals surface area (Å²) in [4.78, 5) is 21.6. The molecule has 0 bridgehead atoms. The van der Waals surface area contributed by atoms with Gasteiger partial charge in [0.25, 0.3) is 5.56 Å². The first-order valence-corrected chi connectivity index (χ1v) is 9.16. The van der Waals surface area contributed by atoms with Crippen LogP contribution in [0.25, 0.3) is 0 Å². The number of aliphatic hydroxyl groups is 2. The first-order valence-electron chi connectivity index (χ1n) is 9.16. The van der Waals surface area contributed by atoms with Gasteiger partial charge in [0.1, 0.15) is 0 Å². The second kappa shape index (κ2) is 8.36. The molecule has 0 unspecified atom stereocenters. The Hall–Kier alpha value is -2.65. The third-order valence-corrected chi connectivity index (χ3v) is 4.68. The van der Waals surface area contributed by atoms with E-state index in [-0.39, 0.29) is 24.5 Å². The molecular weight excluding hydrogens is 348 g/mol. The van der Waals surface area contributed by atoms with Crippen LogP contribution in [0.3, 0.4) is 0 Å². The monoisotopic (exact) mass is 374 g/mol. The number of hydrogen-bond donors (Lipinski definition) is 4. The van der Waals surface area contributed by atoms with Gasteiger partial charge in [0, 0.05) is 19.6 Å². The van der Waals surface area contributed by atoms with Crippen LogP contribution in [0.15, 0.2) is 38.2 Å². The number of nitrogen functional groups attached to an aromatic ring is 1. The average molecular weight is 374 g/mol. The number of aromatic nitrogens is 2. The van der Waals surface area contributed by atoms with Gasteiger partial charge >= 0.3 is 0 Å². The van der Waals surface area contributed by atoms with E-state index >= 15 is 0 Å². The largest absolute Gasteiger partial charge is 0.395 e. The summed E-state index contributed by atoms with van der Waals surface area (Å²) in [6, 6.07) is 0. The maximum atomic E-state index is 12.7. The summed E-state index contributed by atoms with van der Waals surface area (Å²) >= 11 is 0. The van der Waals surface area contributed by atoms with E-state index in [1.807, 2.05) is 6.92 Å². The van der Waals surface area contributed by atoms with Crippen molar-refractivity contribution in [2.45, 2.75) is 32.9 Å². The van der Waals surface area contributed by atoms with Gasteiger partial charge in [0.2, 0.25) is 0 Å². The normalized spacial score (nSPS) is 19.8. The van der Waals surface area contributed by atoms with Crippen molar-refractivity contribution in [3.63, 3.8) is 0 Å². The minimum absolute atomic E-state index is 0.0332. The van der Waals surface area contributed by atoms with Gasteiger partial charge in [-0.25, -0.2) is 9.67 Å². The lowest BCUT2D eigenvalue weighted by Gasteiger charge is -2.19. The van der Waals surface area contributed by atoms with Gasteiger partial charge in [-0.05, 0) is 37.5 Å². The Morgan fingerprint density at radius 2 is 1.85 bits per heavy atom. The van der Waals surface area contributed by atoms with E-state index in [2.05, 4.69) is 15.3 Å². The first kappa shape index (κ1) is 19.1. The van der Waals surface area contributed by atoms with Crippen LogP contribution in [0.5, 0.6) is 0 Å². The van der Waals surface area contributed by atoms with E-state index in [4.69, 9.17) is 10.8 Å². The van der Waals surface area contributed by atoms with E-state index in [0.717, 1.165) is 24.1 Å². The van der Waals surface area contributed by atoms with Crippen LogP contribution in [0.1, 0.15) is 19.8 Å². The third kappa shape index (κ3) is 3.74. The van der Waals surface area contributed by atoms with E-state index in [9.17, 15) is 9.90 Å². The van der Waals surface area contributed by atoms with Crippen LogP contribution in [-0.2, 0) is 13.1 Å². The van der Waals surface area contributed by atoms with Gasteiger partial charge in [0.15, 0.2) is 11.5 Å². The fraction of sp³-hybridized carbons (Fsp3) is 0.500. The number of nitrogens with one attached hydrogen (secondary N) is 1. The molecule has 0 spiro atoms. The van der Waals surface area contributed by atoms with Crippen molar-refractivity contribution in [2.75, 3.05) is 32.0 Å². The molecule has 0 aromatic carbocycles. The highest BCUT2D eigenvalue weighted by Gasteiger charge is 2.22. The molecule has 27 heavy (non-hydrogen) atoms. The molecule has 0 saturated heterocycles. The quantitative estimate of drug-likeness (QED) is 0.519. The van der Waals surface area contributed by atoms with Crippen LogP contribution in [0.4, 0.5) is 11.5 Å². The summed E-state index contributed by atoms with van der Waals surface area (Å²) < 4.78 is 3.44. The lowest BCUT2D eigenvalue weighted by molar-refractivity contribution is 0.298. The van der Waals surface area contributed by atoms with Crippen LogP contribution in [0.2, 0.25) is 0 Å². The number of rotatable bonds is 6. The van der Waals surface area contributed by atoms with Gasteiger partial charge in [-0.1, -0.05) is 0 Å². The number of hydrogen-bond acceptors (Lipinski definition) is 7. The summed E-state index contributed by atoms with van der Waals surface area (Å²) in [5.74, 6) is 0.375. The molecule has 9 heteroatoms. The average Bonchev–Trinajstić information content (AvgIpc) is 2.92. The highest BCUT2D eigenvalue weighted by atomic mass is 16.3. The van der Waals surface area contributed by atoms with Crippen LogP contribution < -0.4 is 16.6 Å². The molecule has 9 nitrogen and oxygen atoms in total. The summed E-state index contributed by atoms with van der Waals surface area (Å²) in [7, 11) is 0. The molecule has 2 heterocycles. The third-order valence-electron chi connectivity index (χ3n) is 4.68. The molecule has 146 valence electrons. The maximum Gasteiger partial charge on any atom is 0.294 e. The second-order valence-electron chi connectivity index (χ2n) is 6.46. The molecule has 0 amide bonds. The second-order valence-corrected chi connectivity index (χ2v) is 6.46. The molecule has 1 aliphatic carbocycles. The molecule has 1 aliphatic heterocycles. The highest BCUT2D eigenvalue weighted by molar-refractivity contribution is 6.24. The van der Waals surface area contributed by atoms with Gasteiger partial charge in [0.05, 0.1) is 36.9 Å². The fourth-order valence-electron chi connectivity index (χ4n) is 3.33. The van der Waals surface area contributed by atoms with E-state index in [0.29, 0.717) is 43.4 Å². The zero-order valence-electron chi connectivity index (χ0n) is 15.5. The Balaban J connectivity index is 2.05. The Labute approximate surface area is 157 Å². The number of anilines is 1. The van der Waals surface area contributed by atoms with Crippen LogP contribution in [-0.4, -0.2) is 57.3 Å². The standard InChI is InChI=1S/C18H26N6O3/c1-12-13(20-6-10-25)4-5-14(15(12)21-7-11-26)22-16-17(19)23-8-2-3-9-24(23)18(16)27/h4-5,21,25-26H,2-3,6-11,19H2,1H3/b20-13+,22-14?. The minimum Gasteiger partial charge on any atom is -0.395 e. The van der Waals surface area contributed by atoms with Crippen molar-refractivity contribution in [3.05, 3.63) is 33.8 Å². The molecule has 1 aromatic heterocycles. The highest BCUT2D eigenvalue weighted by Crippen LogP contribution is 2.24. The van der Waals surface area contributed by atoms with Crippen molar-refractivity contribution in [1.82, 2.24) is 14.7 Å². The maximum absolute atomic E-state index is 12.7. The molecule has 1 aromatic rings. The number of aliphatic imine (C=N–C) groups is 2. The molecule has 0 atom stereocenters. The Kier molecular flexibility index (Phi) is 5.92. The smallest absolute Gasteiger partial charge is 0.294 e. The fourth-order valence-corrected chi connectivity index (χ4v) is 3.33. The van der Waals surface area contributed by atoms with E-state index in [1.54, 1.807) is 21.5 Å². The molecule has 5 N–H and O–H groups in total. The molecular formula is C18H26N6O3. The Morgan fingerprint density at radius 3 is 2.52 bits per heavy atom. The lowest BCUT2D eigenvalue weighted by Crippen LogP contribution is -2.28. The predicted octanol–water partition coefficient (Wildman–Crippen LogP) is -0.0427. The van der Waals surface area contributed by atoms with Crippen molar-refractivity contribution < 1.29 is 10.2 Å². The van der Waals surface area contributed by atoms with Crippen LogP contribution >= 0.6 is 0 Å². The lowest BCUT2D eigenvalue weighted by atomic mass is 9.99. The van der Waals surface area contributed by atoms with Crippen molar-refractivity contribution in [1.29, 1.82) is 0 Å².